The zero-order valence-electron chi connectivity index (χ0n) is 10.7. The van der Waals surface area contributed by atoms with E-state index in [9.17, 15) is 10.1 Å². The quantitative estimate of drug-likeness (QED) is 0.544. The van der Waals surface area contributed by atoms with E-state index in [-0.39, 0.29) is 5.69 Å². The summed E-state index contributed by atoms with van der Waals surface area (Å²) in [5.74, 6) is 0. The second kappa shape index (κ2) is 5.79. The highest BCUT2D eigenvalue weighted by Gasteiger charge is 2.14. The lowest BCUT2D eigenvalue weighted by atomic mass is 10.1. The Morgan fingerprint density at radius 3 is 2.90 bits per heavy atom. The molecule has 3 aromatic rings. The maximum absolute atomic E-state index is 11.1. The number of nitrogens with one attached hydrogen (secondary N) is 1. The fraction of sp³-hybridized carbons (Fsp3) is 0.0714. The van der Waals surface area contributed by atoms with Crippen molar-refractivity contribution in [1.82, 2.24) is 4.98 Å². The minimum Gasteiger partial charge on any atom is -0.380 e. The minimum absolute atomic E-state index is 0.0217. The van der Waals surface area contributed by atoms with Gasteiger partial charge in [0.2, 0.25) is 0 Å². The summed E-state index contributed by atoms with van der Waals surface area (Å²) in [6.07, 6.45) is 1.58. The number of hydrogen-bond acceptors (Lipinski definition) is 5. The summed E-state index contributed by atoms with van der Waals surface area (Å²) in [7, 11) is 0. The van der Waals surface area contributed by atoms with Crippen LogP contribution in [0, 0.1) is 10.1 Å². The molecule has 1 aromatic carbocycles. The zero-order chi connectivity index (χ0) is 14.8. The molecule has 0 fully saturated rings. The van der Waals surface area contributed by atoms with Crippen LogP contribution in [0.25, 0.3) is 10.9 Å². The number of benzene rings is 1. The van der Waals surface area contributed by atoms with Crippen LogP contribution < -0.4 is 5.32 Å². The lowest BCUT2D eigenvalue weighted by Gasteiger charge is -2.09. The molecule has 0 atom stereocenters. The topological polar surface area (TPSA) is 68.1 Å². The summed E-state index contributed by atoms with van der Waals surface area (Å²) >= 11 is 5.14. The molecule has 5 nitrogen and oxygen atoms in total. The first-order chi connectivity index (χ1) is 10.2. The normalized spacial score (nSPS) is 10.7. The summed E-state index contributed by atoms with van der Waals surface area (Å²) in [5.41, 5.74) is 1.26. The monoisotopic (exact) mass is 363 g/mol. The van der Waals surface area contributed by atoms with Gasteiger partial charge < -0.3 is 5.32 Å². The van der Waals surface area contributed by atoms with Crippen LogP contribution in [0.15, 0.2) is 46.4 Å². The average molecular weight is 364 g/mol. The first kappa shape index (κ1) is 14.0. The third kappa shape index (κ3) is 2.74. The third-order valence-electron chi connectivity index (χ3n) is 3.08. The van der Waals surface area contributed by atoms with Crippen LogP contribution in [-0.2, 0) is 6.54 Å². The molecule has 0 spiro atoms. The van der Waals surface area contributed by atoms with Gasteiger partial charge in [0.25, 0.3) is 5.69 Å². The van der Waals surface area contributed by atoms with Gasteiger partial charge in [-0.2, -0.15) is 0 Å². The molecule has 0 aliphatic rings. The van der Waals surface area contributed by atoms with E-state index in [2.05, 4.69) is 26.2 Å². The highest BCUT2D eigenvalue weighted by Crippen LogP contribution is 2.30. The van der Waals surface area contributed by atoms with Gasteiger partial charge in [0.05, 0.1) is 11.5 Å². The molecule has 7 heteroatoms. The van der Waals surface area contributed by atoms with Crippen molar-refractivity contribution in [1.29, 1.82) is 0 Å². The van der Waals surface area contributed by atoms with Crippen LogP contribution >= 0.6 is 27.3 Å². The Balaban J connectivity index is 1.98. The predicted octanol–water partition coefficient (Wildman–Crippen LogP) is 4.58. The van der Waals surface area contributed by atoms with Gasteiger partial charge in [0.1, 0.15) is 5.52 Å². The molecule has 0 aliphatic heterocycles. The molecule has 0 saturated carbocycles. The maximum atomic E-state index is 11.1. The number of para-hydroxylation sites is 1. The van der Waals surface area contributed by atoms with Crippen molar-refractivity contribution >= 4 is 49.5 Å². The molecule has 2 aromatic heterocycles. The Hall–Kier alpha value is -1.99. The van der Waals surface area contributed by atoms with Crippen LogP contribution in [0.3, 0.4) is 0 Å². The molecule has 0 saturated heterocycles. The Labute approximate surface area is 132 Å². The summed E-state index contributed by atoms with van der Waals surface area (Å²) < 4.78 is 1.06. The molecular formula is C14H10BrN3O2S. The molecule has 0 amide bonds. The number of rotatable bonds is 4. The lowest BCUT2D eigenvalue weighted by molar-refractivity contribution is -0.383. The van der Waals surface area contributed by atoms with Crippen molar-refractivity contribution in [2.45, 2.75) is 6.54 Å². The summed E-state index contributed by atoms with van der Waals surface area (Å²) in [4.78, 5) is 16.0. The highest BCUT2D eigenvalue weighted by atomic mass is 79.9. The van der Waals surface area contributed by atoms with Crippen molar-refractivity contribution in [3.63, 3.8) is 0 Å². The van der Waals surface area contributed by atoms with Crippen molar-refractivity contribution in [3.05, 3.63) is 61.4 Å². The number of non-ortho nitro benzene ring substituents is 1. The maximum Gasteiger partial charge on any atom is 0.295 e. The van der Waals surface area contributed by atoms with Gasteiger partial charge in [-0.15, -0.1) is 11.3 Å². The molecule has 0 radical (unpaired) electrons. The molecule has 2 heterocycles. The summed E-state index contributed by atoms with van der Waals surface area (Å²) in [5, 5.41) is 17.1. The number of anilines is 1. The molecule has 21 heavy (non-hydrogen) atoms. The number of fused-ring (bicyclic) bond motifs is 1. The fourth-order valence-electron chi connectivity index (χ4n) is 2.09. The Morgan fingerprint density at radius 1 is 1.33 bits per heavy atom. The van der Waals surface area contributed by atoms with E-state index in [1.807, 2.05) is 23.6 Å². The molecule has 0 unspecified atom stereocenters. The van der Waals surface area contributed by atoms with E-state index in [0.29, 0.717) is 12.1 Å². The summed E-state index contributed by atoms with van der Waals surface area (Å²) in [6.45, 7) is 0.653. The average Bonchev–Trinajstić information content (AvgIpc) is 2.89. The van der Waals surface area contributed by atoms with Crippen LogP contribution in [0.2, 0.25) is 0 Å². The number of aromatic nitrogens is 1. The molecule has 0 aliphatic carbocycles. The van der Waals surface area contributed by atoms with Crippen LogP contribution in [0.4, 0.5) is 11.4 Å². The molecule has 106 valence electrons. The smallest absolute Gasteiger partial charge is 0.295 e. The van der Waals surface area contributed by atoms with Crippen molar-refractivity contribution in [2.75, 3.05) is 5.32 Å². The standard InChI is InChI=1S/C14H10BrN3O2S/c15-10-5-7-21-13(10)8-17-11-4-6-16-14-9(11)2-1-3-12(14)18(19)20/h1-7H,8H2,(H,16,17). The minimum atomic E-state index is -0.408. The number of hydrogen-bond donors (Lipinski definition) is 1. The number of nitro groups is 1. The van der Waals surface area contributed by atoms with Crippen LogP contribution in [0.1, 0.15) is 4.88 Å². The van der Waals surface area contributed by atoms with Gasteiger partial charge in [-0.05, 0) is 33.4 Å². The molecular weight excluding hydrogens is 354 g/mol. The number of thiophene rings is 1. The first-order valence-electron chi connectivity index (χ1n) is 6.14. The largest absolute Gasteiger partial charge is 0.380 e. The van der Waals surface area contributed by atoms with Gasteiger partial charge >= 0.3 is 0 Å². The second-order valence-corrected chi connectivity index (χ2v) is 6.19. The van der Waals surface area contributed by atoms with Crippen molar-refractivity contribution in [3.8, 4) is 0 Å². The molecule has 3 rings (SSSR count). The molecule has 1 N–H and O–H groups in total. The summed E-state index contributed by atoms with van der Waals surface area (Å²) in [6, 6.07) is 8.80. The molecule has 0 bridgehead atoms. The Kier molecular flexibility index (Phi) is 3.85. The number of nitro benzene ring substituents is 1. The van der Waals surface area contributed by atoms with Gasteiger partial charge in [-0.25, -0.2) is 4.98 Å². The highest BCUT2D eigenvalue weighted by molar-refractivity contribution is 9.10. The van der Waals surface area contributed by atoms with Gasteiger partial charge in [0, 0.05) is 32.7 Å². The van der Waals surface area contributed by atoms with Crippen LogP contribution in [-0.4, -0.2) is 9.91 Å². The van der Waals surface area contributed by atoms with E-state index >= 15 is 0 Å². The predicted molar refractivity (Wildman–Crippen MR) is 87.7 cm³/mol. The number of pyridine rings is 1. The third-order valence-corrected chi connectivity index (χ3v) is 5.00. The van der Waals surface area contributed by atoms with E-state index in [0.717, 1.165) is 15.5 Å². The SMILES string of the molecule is O=[N+]([O-])c1cccc2c(NCc3sccc3Br)ccnc12. The van der Waals surface area contributed by atoms with E-state index < -0.39 is 4.92 Å². The van der Waals surface area contributed by atoms with E-state index in [1.54, 1.807) is 23.6 Å². The first-order valence-corrected chi connectivity index (χ1v) is 7.82. The lowest BCUT2D eigenvalue weighted by Crippen LogP contribution is -2.00. The van der Waals surface area contributed by atoms with E-state index in [1.165, 1.54) is 10.9 Å². The van der Waals surface area contributed by atoms with Crippen molar-refractivity contribution < 1.29 is 4.92 Å². The van der Waals surface area contributed by atoms with Gasteiger partial charge in [-0.1, -0.05) is 12.1 Å². The van der Waals surface area contributed by atoms with Gasteiger partial charge in [0.15, 0.2) is 0 Å². The Morgan fingerprint density at radius 2 is 2.19 bits per heavy atom. The number of halogens is 1. The van der Waals surface area contributed by atoms with Crippen LogP contribution in [0.5, 0.6) is 0 Å². The van der Waals surface area contributed by atoms with Gasteiger partial charge in [-0.3, -0.25) is 10.1 Å². The zero-order valence-corrected chi connectivity index (χ0v) is 13.1. The van der Waals surface area contributed by atoms with Crippen molar-refractivity contribution in [2.24, 2.45) is 0 Å². The Bertz CT molecular complexity index is 819. The van der Waals surface area contributed by atoms with E-state index in [4.69, 9.17) is 0 Å². The second-order valence-electron chi connectivity index (χ2n) is 4.33. The fourth-order valence-corrected chi connectivity index (χ4v) is 3.52. The number of nitrogens with zero attached hydrogens (tertiary/aromatic N) is 2.